The zero-order chi connectivity index (χ0) is 20.4. The molecular weight excluding hydrogens is 428 g/mol. The third-order valence-electron chi connectivity index (χ3n) is 4.85. The number of rotatable bonds is 5. The summed E-state index contributed by atoms with van der Waals surface area (Å²) in [5.41, 5.74) is 3.20. The number of benzene rings is 3. The van der Waals surface area contributed by atoms with Gasteiger partial charge in [0.25, 0.3) is 11.8 Å². The summed E-state index contributed by atoms with van der Waals surface area (Å²) < 4.78 is 0.887. The Morgan fingerprint density at radius 1 is 0.793 bits per heavy atom. The number of nitrogens with zero attached hydrogens (tertiary/aromatic N) is 2. The molecule has 5 heteroatoms. The molecule has 29 heavy (non-hydrogen) atoms. The number of amides is 2. The smallest absolute Gasteiger partial charge is 0.282 e. The van der Waals surface area contributed by atoms with E-state index in [0.29, 0.717) is 23.5 Å². The summed E-state index contributed by atoms with van der Waals surface area (Å²) in [7, 11) is 1.85. The van der Waals surface area contributed by atoms with Crippen molar-refractivity contribution in [1.82, 2.24) is 4.90 Å². The molecule has 0 saturated heterocycles. The predicted molar refractivity (Wildman–Crippen MR) is 118 cm³/mol. The van der Waals surface area contributed by atoms with Crippen LogP contribution in [-0.4, -0.2) is 23.8 Å². The summed E-state index contributed by atoms with van der Waals surface area (Å²) >= 11 is 3.40. The maximum absolute atomic E-state index is 13.4. The van der Waals surface area contributed by atoms with Gasteiger partial charge >= 0.3 is 0 Å². The van der Waals surface area contributed by atoms with Crippen molar-refractivity contribution in [2.75, 3.05) is 11.9 Å². The molecule has 0 bridgehead atoms. The van der Waals surface area contributed by atoms with E-state index in [0.717, 1.165) is 15.6 Å². The van der Waals surface area contributed by atoms with Gasteiger partial charge in [-0.2, -0.15) is 0 Å². The van der Waals surface area contributed by atoms with Crippen LogP contribution < -0.4 is 4.90 Å². The fourth-order valence-corrected chi connectivity index (χ4v) is 3.76. The molecular formula is C24H19BrN2O2. The highest BCUT2D eigenvalue weighted by molar-refractivity contribution is 9.10. The van der Waals surface area contributed by atoms with Crippen molar-refractivity contribution in [2.24, 2.45) is 0 Å². The number of anilines is 1. The van der Waals surface area contributed by atoms with Crippen molar-refractivity contribution in [2.45, 2.75) is 6.54 Å². The van der Waals surface area contributed by atoms with Gasteiger partial charge in [-0.25, -0.2) is 4.90 Å². The van der Waals surface area contributed by atoms with E-state index >= 15 is 0 Å². The lowest BCUT2D eigenvalue weighted by molar-refractivity contribution is -0.120. The van der Waals surface area contributed by atoms with E-state index in [9.17, 15) is 9.59 Å². The summed E-state index contributed by atoms with van der Waals surface area (Å²) in [4.78, 5) is 29.9. The summed E-state index contributed by atoms with van der Waals surface area (Å²) in [6.07, 6.45) is 0. The van der Waals surface area contributed by atoms with Crippen molar-refractivity contribution >= 4 is 39.0 Å². The first-order valence-electron chi connectivity index (χ1n) is 9.25. The number of imide groups is 1. The van der Waals surface area contributed by atoms with Crippen LogP contribution in [0.1, 0.15) is 11.1 Å². The van der Waals surface area contributed by atoms with Crippen LogP contribution in [0.3, 0.4) is 0 Å². The molecule has 3 aromatic carbocycles. The third-order valence-corrected chi connectivity index (χ3v) is 5.38. The Labute approximate surface area is 178 Å². The third kappa shape index (κ3) is 3.74. The van der Waals surface area contributed by atoms with Crippen molar-refractivity contribution in [3.63, 3.8) is 0 Å². The van der Waals surface area contributed by atoms with Gasteiger partial charge in [-0.05, 0) is 35.4 Å². The zero-order valence-corrected chi connectivity index (χ0v) is 17.5. The Morgan fingerprint density at radius 2 is 1.38 bits per heavy atom. The summed E-state index contributed by atoms with van der Waals surface area (Å²) in [5.74, 6) is -0.618. The molecule has 4 nitrogen and oxygen atoms in total. The molecule has 0 radical (unpaired) electrons. The summed E-state index contributed by atoms with van der Waals surface area (Å²) in [5, 5.41) is 0. The number of hydrogen-bond donors (Lipinski definition) is 0. The van der Waals surface area contributed by atoms with Crippen LogP contribution in [-0.2, 0) is 16.1 Å². The Bertz CT molecular complexity index is 1080. The monoisotopic (exact) mass is 446 g/mol. The second-order valence-corrected chi connectivity index (χ2v) is 7.77. The molecule has 2 amide bonds. The molecule has 0 aliphatic carbocycles. The van der Waals surface area contributed by atoms with Gasteiger partial charge in [0.1, 0.15) is 5.70 Å². The van der Waals surface area contributed by atoms with Crippen LogP contribution in [0.15, 0.2) is 95.1 Å². The first-order valence-corrected chi connectivity index (χ1v) is 10.0. The van der Waals surface area contributed by atoms with Gasteiger partial charge in [0.15, 0.2) is 0 Å². The van der Waals surface area contributed by atoms with Crippen LogP contribution in [0, 0.1) is 0 Å². The average molecular weight is 447 g/mol. The lowest BCUT2D eigenvalue weighted by atomic mass is 10.0. The molecule has 1 aliphatic rings. The fraction of sp³-hybridized carbons (Fsp3) is 0.0833. The van der Waals surface area contributed by atoms with Gasteiger partial charge in [0.2, 0.25) is 0 Å². The molecule has 4 rings (SSSR count). The topological polar surface area (TPSA) is 40.6 Å². The molecule has 0 aromatic heterocycles. The molecule has 0 saturated carbocycles. The Balaban J connectivity index is 1.78. The zero-order valence-electron chi connectivity index (χ0n) is 15.9. The van der Waals surface area contributed by atoms with Crippen molar-refractivity contribution in [1.29, 1.82) is 0 Å². The average Bonchev–Trinajstić information content (AvgIpc) is 3.00. The maximum atomic E-state index is 13.4. The maximum Gasteiger partial charge on any atom is 0.282 e. The summed E-state index contributed by atoms with van der Waals surface area (Å²) in [6.45, 7) is 0.527. The molecule has 1 aliphatic heterocycles. The number of carbonyl (C=O) groups is 2. The minimum absolute atomic E-state index is 0.307. The van der Waals surface area contributed by atoms with E-state index < -0.39 is 0 Å². The van der Waals surface area contributed by atoms with Gasteiger partial charge in [-0.1, -0.05) is 76.6 Å². The number of hydrogen-bond acceptors (Lipinski definition) is 3. The van der Waals surface area contributed by atoms with Gasteiger partial charge < -0.3 is 4.90 Å². The van der Waals surface area contributed by atoms with E-state index in [4.69, 9.17) is 0 Å². The number of carbonyl (C=O) groups excluding carboxylic acids is 2. The quantitative estimate of drug-likeness (QED) is 0.525. The van der Waals surface area contributed by atoms with Crippen LogP contribution in [0.4, 0.5) is 5.69 Å². The van der Waals surface area contributed by atoms with Crippen molar-refractivity contribution < 1.29 is 9.59 Å². The van der Waals surface area contributed by atoms with Crippen LogP contribution in [0.25, 0.3) is 5.57 Å². The first kappa shape index (κ1) is 19.2. The van der Waals surface area contributed by atoms with Gasteiger partial charge in [0.05, 0.1) is 11.3 Å². The molecule has 0 fully saturated rings. The SMILES string of the molecule is CN(Cc1ccccc1)C1=C(c2ccccc2)C(=O)N(c2ccc(Br)cc2)C1=O. The Morgan fingerprint density at radius 3 is 2.00 bits per heavy atom. The molecule has 0 atom stereocenters. The van der Waals surface area contributed by atoms with E-state index in [1.54, 1.807) is 12.1 Å². The molecule has 3 aromatic rings. The van der Waals surface area contributed by atoms with E-state index in [1.165, 1.54) is 4.90 Å². The van der Waals surface area contributed by atoms with Crippen molar-refractivity contribution in [3.8, 4) is 0 Å². The van der Waals surface area contributed by atoms with Crippen molar-refractivity contribution in [3.05, 3.63) is 106 Å². The first-order chi connectivity index (χ1) is 14.1. The fourth-order valence-electron chi connectivity index (χ4n) is 3.50. The van der Waals surface area contributed by atoms with Gasteiger partial charge in [-0.3, -0.25) is 9.59 Å². The number of likely N-dealkylation sites (N-methyl/N-ethyl adjacent to an activating group) is 1. The largest absolute Gasteiger partial charge is 0.365 e. The normalized spacial score (nSPS) is 13.9. The number of halogens is 1. The lowest BCUT2D eigenvalue weighted by Gasteiger charge is -2.21. The molecule has 144 valence electrons. The second-order valence-electron chi connectivity index (χ2n) is 6.85. The Hall–Kier alpha value is -3.18. The van der Waals surface area contributed by atoms with Gasteiger partial charge in [-0.15, -0.1) is 0 Å². The predicted octanol–water partition coefficient (Wildman–Crippen LogP) is 4.87. The minimum atomic E-state index is -0.311. The Kier molecular flexibility index (Phi) is 5.32. The standard InChI is InChI=1S/C24H19BrN2O2/c1-26(16-17-8-4-2-5-9-17)22-21(18-10-6-3-7-11-18)23(28)27(24(22)29)20-14-12-19(25)13-15-20/h2-15H,16H2,1H3. The molecule has 0 unspecified atom stereocenters. The highest BCUT2D eigenvalue weighted by Gasteiger charge is 2.41. The van der Waals surface area contributed by atoms with Crippen LogP contribution >= 0.6 is 15.9 Å². The lowest BCUT2D eigenvalue weighted by Crippen LogP contribution is -2.34. The highest BCUT2D eigenvalue weighted by Crippen LogP contribution is 2.35. The second kappa shape index (κ2) is 8.05. The molecule has 0 spiro atoms. The summed E-state index contributed by atoms with van der Waals surface area (Å²) in [6, 6.07) is 26.4. The molecule has 0 N–H and O–H groups in total. The van der Waals surface area contributed by atoms with Crippen LogP contribution in [0.2, 0.25) is 0 Å². The minimum Gasteiger partial charge on any atom is -0.365 e. The highest BCUT2D eigenvalue weighted by atomic mass is 79.9. The molecule has 1 heterocycles. The van der Waals surface area contributed by atoms with E-state index in [2.05, 4.69) is 15.9 Å². The van der Waals surface area contributed by atoms with Crippen LogP contribution in [0.5, 0.6) is 0 Å². The van der Waals surface area contributed by atoms with E-state index in [1.807, 2.05) is 84.7 Å². The van der Waals surface area contributed by atoms with Gasteiger partial charge in [0, 0.05) is 18.1 Å². The van der Waals surface area contributed by atoms with E-state index in [-0.39, 0.29) is 11.8 Å².